The Kier molecular flexibility index (Phi) is 11.3. The molecule has 16 heavy (non-hydrogen) atoms. The highest BCUT2D eigenvalue weighted by molar-refractivity contribution is 4.97. The van der Waals surface area contributed by atoms with Gasteiger partial charge in [0.15, 0.2) is 0 Å². The molecule has 2 nitrogen and oxygen atoms in total. The van der Waals surface area contributed by atoms with Gasteiger partial charge in [0.2, 0.25) is 0 Å². The van der Waals surface area contributed by atoms with Crippen LogP contribution >= 0.6 is 0 Å². The van der Waals surface area contributed by atoms with Crippen LogP contribution in [0.4, 0.5) is 0 Å². The maximum Gasteiger partial charge on any atom is 0.0654 e. The van der Waals surface area contributed by atoms with E-state index < -0.39 is 0 Å². The van der Waals surface area contributed by atoms with Gasteiger partial charge in [0, 0.05) is 20.1 Å². The van der Waals surface area contributed by atoms with Crippen LogP contribution < -0.4 is 0 Å². The number of hydrogen-bond donors (Lipinski definition) is 0. The molecule has 0 saturated heterocycles. The van der Waals surface area contributed by atoms with E-state index in [1.807, 2.05) is 0 Å². The number of hydrogen-bond acceptors (Lipinski definition) is 2. The van der Waals surface area contributed by atoms with Crippen LogP contribution in [-0.2, 0) is 9.47 Å². The van der Waals surface area contributed by atoms with Crippen LogP contribution in [0.5, 0.6) is 0 Å². The molecule has 0 heterocycles. The Hall–Kier alpha value is -0.0800. The lowest BCUT2D eigenvalue weighted by Crippen LogP contribution is -2.24. The topological polar surface area (TPSA) is 18.5 Å². The summed E-state index contributed by atoms with van der Waals surface area (Å²) in [5, 5.41) is 0. The van der Waals surface area contributed by atoms with Crippen molar-refractivity contribution in [2.75, 3.05) is 20.8 Å². The Labute approximate surface area is 102 Å². The van der Waals surface area contributed by atoms with Crippen molar-refractivity contribution in [3.8, 4) is 0 Å². The van der Waals surface area contributed by atoms with Crippen LogP contribution in [0, 0.1) is 5.92 Å². The lowest BCUT2D eigenvalue weighted by molar-refractivity contribution is 0.0783. The van der Waals surface area contributed by atoms with Gasteiger partial charge in [-0.05, 0) is 12.8 Å². The zero-order chi connectivity index (χ0) is 12.2. The van der Waals surface area contributed by atoms with Crippen molar-refractivity contribution in [2.24, 2.45) is 0 Å². The van der Waals surface area contributed by atoms with E-state index in [1.54, 1.807) is 14.2 Å². The van der Waals surface area contributed by atoms with Crippen molar-refractivity contribution in [1.82, 2.24) is 0 Å². The molecule has 0 aromatic heterocycles. The molecular formula is C14H29O2. The summed E-state index contributed by atoms with van der Waals surface area (Å²) in [4.78, 5) is 0. The van der Waals surface area contributed by atoms with E-state index in [9.17, 15) is 0 Å². The van der Waals surface area contributed by atoms with Gasteiger partial charge in [0.05, 0.1) is 12.7 Å². The molecule has 0 fully saturated rings. The zero-order valence-corrected chi connectivity index (χ0v) is 11.6. The first-order valence-corrected chi connectivity index (χ1v) is 6.66. The summed E-state index contributed by atoms with van der Waals surface area (Å²) in [5.74, 6) is 1.42. The van der Waals surface area contributed by atoms with Crippen LogP contribution in [0.1, 0.15) is 58.8 Å². The van der Waals surface area contributed by atoms with Crippen LogP contribution in [0.15, 0.2) is 0 Å². The first-order valence-electron chi connectivity index (χ1n) is 6.66. The van der Waals surface area contributed by atoms with Gasteiger partial charge in [0.1, 0.15) is 0 Å². The number of ether oxygens (including phenoxy) is 2. The van der Waals surface area contributed by atoms with E-state index in [4.69, 9.17) is 9.47 Å². The minimum Gasteiger partial charge on any atom is -0.384 e. The third-order valence-electron chi connectivity index (χ3n) is 3.04. The minimum atomic E-state index is 0.283. The molecular weight excluding hydrogens is 200 g/mol. The van der Waals surface area contributed by atoms with Gasteiger partial charge in [-0.15, -0.1) is 0 Å². The number of unbranched alkanes of at least 4 members (excludes halogenated alkanes) is 4. The van der Waals surface area contributed by atoms with Crippen molar-refractivity contribution in [3.05, 3.63) is 5.92 Å². The Morgan fingerprint density at radius 2 is 1.69 bits per heavy atom. The van der Waals surface area contributed by atoms with Gasteiger partial charge in [0.25, 0.3) is 0 Å². The van der Waals surface area contributed by atoms with Crippen molar-refractivity contribution >= 4 is 0 Å². The molecule has 0 spiro atoms. The van der Waals surface area contributed by atoms with Crippen LogP contribution in [0.3, 0.4) is 0 Å². The van der Waals surface area contributed by atoms with Crippen LogP contribution in [0.2, 0.25) is 0 Å². The number of methoxy groups -OCH3 is 2. The van der Waals surface area contributed by atoms with Crippen molar-refractivity contribution < 1.29 is 9.47 Å². The molecule has 0 aromatic rings. The van der Waals surface area contributed by atoms with Gasteiger partial charge in [-0.1, -0.05) is 46.0 Å². The Balaban J connectivity index is 3.74. The Bertz CT molecular complexity index is 133. The fourth-order valence-electron chi connectivity index (χ4n) is 2.09. The molecule has 1 atom stereocenters. The van der Waals surface area contributed by atoms with Gasteiger partial charge >= 0.3 is 0 Å². The fraction of sp³-hybridized carbons (Fsp3) is 0.929. The standard InChI is InChI=1S/C14H29O2/c1-5-7-8-9-10-11-13(12-15-3)14(6-2)16-4/h14H,5-12H2,1-4H3. The lowest BCUT2D eigenvalue weighted by atomic mass is 9.94. The SMILES string of the molecule is CCCCCCC[C](COC)C(CC)OC. The van der Waals surface area contributed by atoms with Gasteiger partial charge in [-0.2, -0.15) is 0 Å². The smallest absolute Gasteiger partial charge is 0.0654 e. The zero-order valence-electron chi connectivity index (χ0n) is 11.6. The predicted molar refractivity (Wildman–Crippen MR) is 69.6 cm³/mol. The molecule has 0 amide bonds. The molecule has 0 aliphatic heterocycles. The van der Waals surface area contributed by atoms with E-state index in [0.717, 1.165) is 19.4 Å². The van der Waals surface area contributed by atoms with E-state index in [2.05, 4.69) is 13.8 Å². The predicted octanol–water partition coefficient (Wildman–Crippen LogP) is 3.99. The van der Waals surface area contributed by atoms with Crippen LogP contribution in [-0.4, -0.2) is 26.9 Å². The molecule has 0 rings (SSSR count). The maximum atomic E-state index is 5.48. The molecule has 0 N–H and O–H groups in total. The monoisotopic (exact) mass is 229 g/mol. The second-order valence-electron chi connectivity index (χ2n) is 4.39. The first-order chi connectivity index (χ1) is 7.79. The van der Waals surface area contributed by atoms with E-state index in [-0.39, 0.29) is 6.10 Å². The highest BCUT2D eigenvalue weighted by atomic mass is 16.5. The minimum absolute atomic E-state index is 0.283. The van der Waals surface area contributed by atoms with Gasteiger partial charge < -0.3 is 9.47 Å². The normalized spacial score (nSPS) is 13.3. The second-order valence-corrected chi connectivity index (χ2v) is 4.39. The van der Waals surface area contributed by atoms with Gasteiger partial charge in [-0.3, -0.25) is 0 Å². The summed E-state index contributed by atoms with van der Waals surface area (Å²) in [6.07, 6.45) is 9.13. The molecule has 1 radical (unpaired) electrons. The average Bonchev–Trinajstić information content (AvgIpc) is 2.30. The molecule has 0 saturated carbocycles. The molecule has 0 aliphatic carbocycles. The Morgan fingerprint density at radius 3 is 2.19 bits per heavy atom. The van der Waals surface area contributed by atoms with E-state index in [1.165, 1.54) is 38.0 Å². The molecule has 97 valence electrons. The first kappa shape index (κ1) is 15.9. The van der Waals surface area contributed by atoms with Crippen LogP contribution in [0.25, 0.3) is 0 Å². The average molecular weight is 229 g/mol. The highest BCUT2D eigenvalue weighted by Gasteiger charge is 2.19. The molecule has 1 unspecified atom stereocenters. The summed E-state index contributed by atoms with van der Waals surface area (Å²) in [6.45, 7) is 5.17. The van der Waals surface area contributed by atoms with E-state index in [0.29, 0.717) is 0 Å². The van der Waals surface area contributed by atoms with E-state index >= 15 is 0 Å². The maximum absolute atomic E-state index is 5.48. The molecule has 2 heteroatoms. The molecule has 0 bridgehead atoms. The summed E-state index contributed by atoms with van der Waals surface area (Å²) < 4.78 is 10.7. The molecule has 0 aromatic carbocycles. The second kappa shape index (κ2) is 11.4. The third-order valence-corrected chi connectivity index (χ3v) is 3.04. The largest absolute Gasteiger partial charge is 0.384 e. The van der Waals surface area contributed by atoms with Crippen molar-refractivity contribution in [1.29, 1.82) is 0 Å². The molecule has 0 aliphatic rings. The van der Waals surface area contributed by atoms with Crippen molar-refractivity contribution in [3.63, 3.8) is 0 Å². The van der Waals surface area contributed by atoms with Gasteiger partial charge in [-0.25, -0.2) is 0 Å². The fourth-order valence-corrected chi connectivity index (χ4v) is 2.09. The quantitative estimate of drug-likeness (QED) is 0.499. The summed E-state index contributed by atoms with van der Waals surface area (Å²) >= 11 is 0. The summed E-state index contributed by atoms with van der Waals surface area (Å²) in [7, 11) is 3.56. The Morgan fingerprint density at radius 1 is 1.00 bits per heavy atom. The summed E-state index contributed by atoms with van der Waals surface area (Å²) in [6, 6.07) is 0. The van der Waals surface area contributed by atoms with Crippen molar-refractivity contribution in [2.45, 2.75) is 64.9 Å². The summed E-state index contributed by atoms with van der Waals surface area (Å²) in [5.41, 5.74) is 0. The lowest BCUT2D eigenvalue weighted by Gasteiger charge is -2.23. The number of rotatable bonds is 11. The highest BCUT2D eigenvalue weighted by Crippen LogP contribution is 2.21. The third kappa shape index (κ3) is 7.24.